The van der Waals surface area contributed by atoms with Crippen molar-refractivity contribution in [3.8, 4) is 12.1 Å². The third-order valence-corrected chi connectivity index (χ3v) is 2.91. The molecule has 1 heterocycles. The Balaban J connectivity index is 2.66. The molecule has 0 aliphatic carbocycles. The van der Waals surface area contributed by atoms with Gasteiger partial charge in [0.25, 0.3) is 0 Å². The number of benzene rings is 1. The number of nitrogen functional groups attached to an aromatic ring is 1. The van der Waals surface area contributed by atoms with Crippen LogP contribution in [-0.2, 0) is 0 Å². The van der Waals surface area contributed by atoms with Crippen LogP contribution in [0.5, 0.6) is 0 Å². The predicted molar refractivity (Wildman–Crippen MR) is 74.3 cm³/mol. The molecule has 0 fully saturated rings. The predicted octanol–water partition coefficient (Wildman–Crippen LogP) is 1.98. The molecule has 1 aromatic heterocycles. The first-order valence-electron chi connectivity index (χ1n) is 5.81. The summed E-state index contributed by atoms with van der Waals surface area (Å²) in [6.45, 7) is 2.22. The number of rotatable bonds is 3. The summed E-state index contributed by atoms with van der Waals surface area (Å²) in [4.78, 5) is 5.96. The molecule has 2 N–H and O–H groups in total. The Bertz CT molecular complexity index is 677. The molecule has 94 valence electrons. The van der Waals surface area contributed by atoms with Crippen LogP contribution >= 0.6 is 0 Å². The van der Waals surface area contributed by atoms with Gasteiger partial charge < -0.3 is 10.6 Å². The highest BCUT2D eigenvalue weighted by Crippen LogP contribution is 2.30. The number of aryl methyl sites for hydroxylation is 1. The highest BCUT2D eigenvalue weighted by atomic mass is 15.1. The maximum Gasteiger partial charge on any atom is 0.106 e. The molecule has 0 radical (unpaired) electrons. The third kappa shape index (κ3) is 2.41. The Labute approximate surface area is 111 Å². The van der Waals surface area contributed by atoms with Gasteiger partial charge in [0, 0.05) is 34.0 Å². The zero-order valence-electron chi connectivity index (χ0n) is 10.6. The molecule has 0 spiro atoms. The van der Waals surface area contributed by atoms with Gasteiger partial charge in [0.1, 0.15) is 13.1 Å². The van der Waals surface area contributed by atoms with Gasteiger partial charge in [0.2, 0.25) is 0 Å². The van der Waals surface area contributed by atoms with Gasteiger partial charge >= 0.3 is 0 Å². The number of hydrogen-bond donors (Lipinski definition) is 1. The fourth-order valence-electron chi connectivity index (χ4n) is 2.02. The minimum absolute atomic E-state index is 0.161. The van der Waals surface area contributed by atoms with Gasteiger partial charge in [-0.2, -0.15) is 10.5 Å². The zero-order valence-corrected chi connectivity index (χ0v) is 10.6. The lowest BCUT2D eigenvalue weighted by Crippen LogP contribution is -2.24. The molecule has 0 saturated carbocycles. The molecule has 2 aromatic rings. The molecule has 2 rings (SSSR count). The standard InChI is InChI=1S/C14H13N5/c1-10-8-11-12(9-18-10)13(17)2-3-14(11)19(6-4-15)7-5-16/h2-3,8-9H,6-7,17H2,1H3. The van der Waals surface area contributed by atoms with Crippen molar-refractivity contribution < 1.29 is 0 Å². The number of nitrogens with zero attached hydrogens (tertiary/aromatic N) is 4. The van der Waals surface area contributed by atoms with Crippen LogP contribution in [0.15, 0.2) is 24.4 Å². The monoisotopic (exact) mass is 251 g/mol. The van der Waals surface area contributed by atoms with Gasteiger partial charge in [-0.25, -0.2) is 0 Å². The normalized spacial score (nSPS) is 9.84. The van der Waals surface area contributed by atoms with Crippen LogP contribution in [0.2, 0.25) is 0 Å². The largest absolute Gasteiger partial charge is 0.398 e. The van der Waals surface area contributed by atoms with Gasteiger partial charge in [0.15, 0.2) is 0 Å². The molecule has 0 atom stereocenters. The van der Waals surface area contributed by atoms with Crippen LogP contribution in [-0.4, -0.2) is 18.1 Å². The van der Waals surface area contributed by atoms with Crippen molar-refractivity contribution in [1.29, 1.82) is 10.5 Å². The van der Waals surface area contributed by atoms with Crippen molar-refractivity contribution in [2.75, 3.05) is 23.7 Å². The lowest BCUT2D eigenvalue weighted by molar-refractivity contribution is 0.972. The summed E-state index contributed by atoms with van der Waals surface area (Å²) in [5.41, 5.74) is 8.27. The average molecular weight is 251 g/mol. The summed E-state index contributed by atoms with van der Waals surface area (Å²) in [6.07, 6.45) is 1.72. The number of nitriles is 2. The topological polar surface area (TPSA) is 89.7 Å². The Kier molecular flexibility index (Phi) is 3.49. The van der Waals surface area contributed by atoms with Crippen molar-refractivity contribution >= 4 is 22.1 Å². The Hall–Kier alpha value is -2.79. The van der Waals surface area contributed by atoms with Gasteiger partial charge in [-0.1, -0.05) is 0 Å². The lowest BCUT2D eigenvalue weighted by Gasteiger charge is -2.21. The van der Waals surface area contributed by atoms with Gasteiger partial charge in [-0.15, -0.1) is 0 Å². The van der Waals surface area contributed by atoms with E-state index in [4.69, 9.17) is 16.3 Å². The number of anilines is 2. The Morgan fingerprint density at radius 1 is 1.21 bits per heavy atom. The SMILES string of the molecule is Cc1cc2c(N(CC#N)CC#N)ccc(N)c2cn1. The van der Waals surface area contributed by atoms with Crippen molar-refractivity contribution in [3.63, 3.8) is 0 Å². The van der Waals surface area contributed by atoms with Gasteiger partial charge in [0.05, 0.1) is 12.1 Å². The van der Waals surface area contributed by atoms with E-state index >= 15 is 0 Å². The van der Waals surface area contributed by atoms with E-state index in [2.05, 4.69) is 17.1 Å². The first kappa shape index (κ1) is 12.7. The van der Waals surface area contributed by atoms with Crippen LogP contribution in [0.3, 0.4) is 0 Å². The molecule has 0 saturated heterocycles. The van der Waals surface area contributed by atoms with E-state index in [1.54, 1.807) is 17.2 Å². The van der Waals surface area contributed by atoms with E-state index in [0.717, 1.165) is 22.2 Å². The molecule has 19 heavy (non-hydrogen) atoms. The highest BCUT2D eigenvalue weighted by molar-refractivity contribution is 6.01. The van der Waals surface area contributed by atoms with E-state index in [9.17, 15) is 0 Å². The summed E-state index contributed by atoms with van der Waals surface area (Å²) in [5.74, 6) is 0. The lowest BCUT2D eigenvalue weighted by atomic mass is 10.1. The Morgan fingerprint density at radius 2 is 1.89 bits per heavy atom. The molecule has 0 aliphatic heterocycles. The summed E-state index contributed by atoms with van der Waals surface area (Å²) in [6, 6.07) is 9.68. The third-order valence-electron chi connectivity index (χ3n) is 2.91. The number of aromatic nitrogens is 1. The van der Waals surface area contributed by atoms with Crippen molar-refractivity contribution in [2.45, 2.75) is 6.92 Å². The molecular weight excluding hydrogens is 238 g/mol. The minimum atomic E-state index is 0.161. The number of nitrogens with two attached hydrogens (primary N) is 1. The smallest absolute Gasteiger partial charge is 0.106 e. The van der Waals surface area contributed by atoms with E-state index in [1.165, 1.54) is 0 Å². The molecular formula is C14H13N5. The van der Waals surface area contributed by atoms with Crippen LogP contribution in [0.4, 0.5) is 11.4 Å². The summed E-state index contributed by atoms with van der Waals surface area (Å²) < 4.78 is 0. The van der Waals surface area contributed by atoms with E-state index in [0.29, 0.717) is 5.69 Å². The second-order valence-electron chi connectivity index (χ2n) is 4.22. The quantitative estimate of drug-likeness (QED) is 0.665. The number of pyridine rings is 1. The maximum atomic E-state index is 8.87. The van der Waals surface area contributed by atoms with Crippen LogP contribution in [0, 0.1) is 29.6 Å². The molecule has 5 heteroatoms. The second-order valence-corrected chi connectivity index (χ2v) is 4.22. The fourth-order valence-corrected chi connectivity index (χ4v) is 2.02. The first-order valence-corrected chi connectivity index (χ1v) is 5.81. The molecule has 0 unspecified atom stereocenters. The maximum absolute atomic E-state index is 8.87. The zero-order chi connectivity index (χ0) is 13.8. The van der Waals surface area contributed by atoms with Crippen molar-refractivity contribution in [3.05, 3.63) is 30.1 Å². The van der Waals surface area contributed by atoms with E-state index in [-0.39, 0.29) is 13.1 Å². The summed E-state index contributed by atoms with van der Waals surface area (Å²) >= 11 is 0. The van der Waals surface area contributed by atoms with E-state index < -0.39 is 0 Å². The molecule has 1 aromatic carbocycles. The first-order chi connectivity index (χ1) is 9.17. The number of fused-ring (bicyclic) bond motifs is 1. The molecule has 5 nitrogen and oxygen atoms in total. The fraction of sp³-hybridized carbons (Fsp3) is 0.214. The van der Waals surface area contributed by atoms with Crippen LogP contribution in [0.25, 0.3) is 10.8 Å². The van der Waals surface area contributed by atoms with Gasteiger partial charge in [-0.05, 0) is 25.1 Å². The van der Waals surface area contributed by atoms with Crippen molar-refractivity contribution in [2.24, 2.45) is 0 Å². The van der Waals surface area contributed by atoms with Crippen LogP contribution < -0.4 is 10.6 Å². The Morgan fingerprint density at radius 3 is 2.53 bits per heavy atom. The second kappa shape index (κ2) is 5.24. The molecule has 0 aliphatic rings. The molecule has 0 amide bonds. The average Bonchev–Trinajstić information content (AvgIpc) is 2.39. The summed E-state index contributed by atoms with van der Waals surface area (Å²) in [5, 5.41) is 19.5. The number of hydrogen-bond acceptors (Lipinski definition) is 5. The molecule has 0 bridgehead atoms. The minimum Gasteiger partial charge on any atom is -0.398 e. The van der Waals surface area contributed by atoms with Crippen molar-refractivity contribution in [1.82, 2.24) is 4.98 Å². The highest BCUT2D eigenvalue weighted by Gasteiger charge is 2.11. The van der Waals surface area contributed by atoms with E-state index in [1.807, 2.05) is 19.1 Å². The van der Waals surface area contributed by atoms with Crippen LogP contribution in [0.1, 0.15) is 5.69 Å². The summed E-state index contributed by atoms with van der Waals surface area (Å²) in [7, 11) is 0. The van der Waals surface area contributed by atoms with Gasteiger partial charge in [-0.3, -0.25) is 4.98 Å².